The molecular formula is C20H32N2O3S. The lowest BCUT2D eigenvalue weighted by molar-refractivity contribution is 0.0990. The second-order valence-electron chi connectivity index (χ2n) is 7.60. The highest BCUT2D eigenvalue weighted by molar-refractivity contribution is 7.97. The van der Waals surface area contributed by atoms with Crippen LogP contribution in [0, 0.1) is 11.8 Å². The molecule has 2 rings (SSSR count). The van der Waals surface area contributed by atoms with Gasteiger partial charge in [-0.3, -0.25) is 0 Å². The van der Waals surface area contributed by atoms with E-state index in [1.54, 1.807) is 24.1 Å². The Balaban J connectivity index is 1.70. The number of carbonyl (C=O) groups excluding carboxylic acids is 1. The molecule has 26 heavy (non-hydrogen) atoms. The van der Waals surface area contributed by atoms with Crippen molar-refractivity contribution in [1.29, 1.82) is 0 Å². The van der Waals surface area contributed by atoms with Crippen molar-refractivity contribution < 1.29 is 14.6 Å². The number of carbonyl (C=O) groups is 1. The van der Waals surface area contributed by atoms with Crippen molar-refractivity contribution in [2.75, 3.05) is 19.6 Å². The minimum absolute atomic E-state index is 0.0868. The summed E-state index contributed by atoms with van der Waals surface area (Å²) < 4.78 is 7.75. The van der Waals surface area contributed by atoms with Gasteiger partial charge in [-0.25, -0.2) is 9.10 Å². The van der Waals surface area contributed by atoms with Crippen LogP contribution in [0.15, 0.2) is 29.2 Å². The first kappa shape index (κ1) is 20.9. The van der Waals surface area contributed by atoms with Gasteiger partial charge in [0.15, 0.2) is 0 Å². The molecule has 2 atom stereocenters. The number of aromatic hydroxyl groups is 1. The summed E-state index contributed by atoms with van der Waals surface area (Å²) in [7, 11) is 0. The van der Waals surface area contributed by atoms with Gasteiger partial charge in [0.25, 0.3) is 0 Å². The number of nitrogens with zero attached hydrogens (tertiary/aromatic N) is 1. The predicted octanol–water partition coefficient (Wildman–Crippen LogP) is 4.66. The summed E-state index contributed by atoms with van der Waals surface area (Å²) >= 11 is 1.65. The third-order valence-electron chi connectivity index (χ3n) is 4.39. The summed E-state index contributed by atoms with van der Waals surface area (Å²) in [6, 6.07) is 7.30. The van der Waals surface area contributed by atoms with Gasteiger partial charge in [0, 0.05) is 24.5 Å². The van der Waals surface area contributed by atoms with Crippen molar-refractivity contribution in [3.05, 3.63) is 24.3 Å². The molecule has 1 aliphatic rings. The molecule has 0 heterocycles. The fourth-order valence-electron chi connectivity index (χ4n) is 3.17. The monoisotopic (exact) mass is 380 g/mol. The zero-order chi connectivity index (χ0) is 18.9. The second-order valence-corrected chi connectivity index (χ2v) is 8.77. The Morgan fingerprint density at radius 3 is 2.88 bits per heavy atom. The number of alkyl carbamates (subject to hydrolysis) is 1. The first-order valence-electron chi connectivity index (χ1n) is 9.58. The molecule has 0 saturated heterocycles. The van der Waals surface area contributed by atoms with E-state index in [9.17, 15) is 9.90 Å². The fourth-order valence-corrected chi connectivity index (χ4v) is 4.38. The maximum atomic E-state index is 11.9. The summed E-state index contributed by atoms with van der Waals surface area (Å²) in [5.74, 6) is 1.49. The SMILES string of the molecule is CC(C)CN(CCCNC(=O)OC1CCC(C)C1)Sc1cccc(O)c1. The minimum atomic E-state index is -0.292. The lowest BCUT2D eigenvalue weighted by atomic mass is 10.1. The van der Waals surface area contributed by atoms with E-state index in [4.69, 9.17) is 4.74 Å². The van der Waals surface area contributed by atoms with Crippen molar-refractivity contribution in [2.24, 2.45) is 11.8 Å². The molecular weight excluding hydrogens is 348 g/mol. The third-order valence-corrected chi connectivity index (χ3v) is 5.45. The molecule has 0 radical (unpaired) electrons. The largest absolute Gasteiger partial charge is 0.508 e. The maximum Gasteiger partial charge on any atom is 0.407 e. The summed E-state index contributed by atoms with van der Waals surface area (Å²) in [5, 5.41) is 12.5. The van der Waals surface area contributed by atoms with Crippen molar-refractivity contribution in [3.63, 3.8) is 0 Å². The summed E-state index contributed by atoms with van der Waals surface area (Å²) in [5.41, 5.74) is 0. The highest BCUT2D eigenvalue weighted by Crippen LogP contribution is 2.27. The topological polar surface area (TPSA) is 61.8 Å². The van der Waals surface area contributed by atoms with Gasteiger partial charge in [0.05, 0.1) is 0 Å². The molecule has 2 N–H and O–H groups in total. The average molecular weight is 381 g/mol. The average Bonchev–Trinajstić information content (AvgIpc) is 2.96. The number of amides is 1. The van der Waals surface area contributed by atoms with Crippen LogP contribution in [0.4, 0.5) is 4.79 Å². The van der Waals surface area contributed by atoms with Crippen LogP contribution in [0.1, 0.15) is 46.5 Å². The Morgan fingerprint density at radius 1 is 1.42 bits per heavy atom. The molecule has 0 aliphatic heterocycles. The molecule has 1 amide bonds. The Kier molecular flexibility index (Phi) is 8.59. The van der Waals surface area contributed by atoms with Crippen molar-refractivity contribution in [3.8, 4) is 5.75 Å². The van der Waals surface area contributed by atoms with Gasteiger partial charge in [-0.15, -0.1) is 0 Å². The number of phenolic OH excluding ortho intramolecular Hbond substituents is 1. The first-order chi connectivity index (χ1) is 12.4. The molecule has 1 aromatic carbocycles. The van der Waals surface area contributed by atoms with E-state index >= 15 is 0 Å². The number of phenols is 1. The minimum Gasteiger partial charge on any atom is -0.508 e. The van der Waals surface area contributed by atoms with Gasteiger partial charge in [0.1, 0.15) is 11.9 Å². The van der Waals surface area contributed by atoms with Gasteiger partial charge in [0.2, 0.25) is 0 Å². The van der Waals surface area contributed by atoms with Gasteiger partial charge in [-0.1, -0.05) is 26.8 Å². The van der Waals surface area contributed by atoms with E-state index in [2.05, 4.69) is 30.4 Å². The van der Waals surface area contributed by atoms with Crippen LogP contribution in [0.5, 0.6) is 5.75 Å². The highest BCUT2D eigenvalue weighted by Gasteiger charge is 2.24. The van der Waals surface area contributed by atoms with E-state index < -0.39 is 0 Å². The maximum absolute atomic E-state index is 11.9. The van der Waals surface area contributed by atoms with Crippen LogP contribution >= 0.6 is 11.9 Å². The van der Waals surface area contributed by atoms with Crippen LogP contribution in [0.25, 0.3) is 0 Å². The standard InChI is InChI=1S/C20H32N2O3S/c1-15(2)14-22(26-19-7-4-6-17(23)13-19)11-5-10-21-20(24)25-18-9-8-16(3)12-18/h4,6-7,13,15-16,18,23H,5,8-12,14H2,1-3H3,(H,21,24). The predicted molar refractivity (Wildman–Crippen MR) is 106 cm³/mol. The lowest BCUT2D eigenvalue weighted by Crippen LogP contribution is -2.31. The Bertz CT molecular complexity index is 568. The van der Waals surface area contributed by atoms with Crippen molar-refractivity contribution in [2.45, 2.75) is 57.5 Å². The van der Waals surface area contributed by atoms with E-state index in [-0.39, 0.29) is 17.9 Å². The van der Waals surface area contributed by atoms with E-state index in [1.165, 1.54) is 0 Å². The van der Waals surface area contributed by atoms with Crippen LogP contribution < -0.4 is 5.32 Å². The van der Waals surface area contributed by atoms with Crippen LogP contribution in [-0.2, 0) is 4.74 Å². The van der Waals surface area contributed by atoms with Gasteiger partial charge >= 0.3 is 6.09 Å². The highest BCUT2D eigenvalue weighted by atomic mass is 32.2. The van der Waals surface area contributed by atoms with E-state index in [1.807, 2.05) is 12.1 Å². The zero-order valence-corrected chi connectivity index (χ0v) is 16.9. The van der Waals surface area contributed by atoms with Crippen molar-refractivity contribution in [1.82, 2.24) is 9.62 Å². The molecule has 2 unspecified atom stereocenters. The number of benzene rings is 1. The summed E-state index contributed by atoms with van der Waals surface area (Å²) in [6.45, 7) is 9.00. The molecule has 1 fully saturated rings. The molecule has 0 bridgehead atoms. The first-order valence-corrected chi connectivity index (χ1v) is 10.4. The lowest BCUT2D eigenvalue weighted by Gasteiger charge is -2.23. The molecule has 6 heteroatoms. The zero-order valence-electron chi connectivity index (χ0n) is 16.1. The molecule has 1 aromatic rings. The normalized spacial score (nSPS) is 19.9. The van der Waals surface area contributed by atoms with Crippen LogP contribution in [0.3, 0.4) is 0 Å². The molecule has 5 nitrogen and oxygen atoms in total. The van der Waals surface area contributed by atoms with Gasteiger partial charge < -0.3 is 15.2 Å². The molecule has 146 valence electrons. The van der Waals surface area contributed by atoms with Crippen LogP contribution in [0.2, 0.25) is 0 Å². The molecule has 1 aliphatic carbocycles. The number of rotatable bonds is 9. The fraction of sp³-hybridized carbons (Fsp3) is 0.650. The van der Waals surface area contributed by atoms with E-state index in [0.717, 1.165) is 43.7 Å². The Labute approximate surface area is 161 Å². The summed E-state index contributed by atoms with van der Waals surface area (Å²) in [4.78, 5) is 12.9. The number of nitrogens with one attached hydrogen (secondary N) is 1. The number of hydrogen-bond acceptors (Lipinski definition) is 5. The van der Waals surface area contributed by atoms with Gasteiger partial charge in [-0.2, -0.15) is 0 Å². The third kappa shape index (κ3) is 7.87. The summed E-state index contributed by atoms with van der Waals surface area (Å²) in [6.07, 6.45) is 3.76. The molecule has 0 spiro atoms. The van der Waals surface area contributed by atoms with Crippen molar-refractivity contribution >= 4 is 18.0 Å². The second kappa shape index (κ2) is 10.7. The number of ether oxygens (including phenoxy) is 1. The van der Waals surface area contributed by atoms with Crippen LogP contribution in [-0.4, -0.2) is 41.2 Å². The smallest absolute Gasteiger partial charge is 0.407 e. The van der Waals surface area contributed by atoms with Gasteiger partial charge in [-0.05, 0) is 67.7 Å². The Hall–Kier alpha value is -1.40. The number of hydrogen-bond donors (Lipinski definition) is 2. The molecule has 1 saturated carbocycles. The Morgan fingerprint density at radius 2 is 2.23 bits per heavy atom. The molecule has 0 aromatic heterocycles. The van der Waals surface area contributed by atoms with E-state index in [0.29, 0.717) is 18.4 Å². The quantitative estimate of drug-likeness (QED) is 0.482.